The van der Waals surface area contributed by atoms with Crippen LogP contribution in [0, 0.1) is 0 Å². The molecule has 0 aromatic heterocycles. The average Bonchev–Trinajstić information content (AvgIpc) is 2.69. The molecule has 0 bridgehead atoms. The first-order valence-corrected chi connectivity index (χ1v) is 6.07. The van der Waals surface area contributed by atoms with E-state index in [2.05, 4.69) is 5.01 Å². The smallest absolute Gasteiger partial charge is 0.242 e. The van der Waals surface area contributed by atoms with Gasteiger partial charge in [0.05, 0.1) is 5.69 Å². The van der Waals surface area contributed by atoms with E-state index in [4.69, 9.17) is 5.73 Å². The molecule has 92 valence electrons. The van der Waals surface area contributed by atoms with Gasteiger partial charge in [0.15, 0.2) is 0 Å². The highest BCUT2D eigenvalue weighted by molar-refractivity contribution is 5.94. The number of nitrogens with zero attached hydrogens (tertiary/aromatic N) is 2. The van der Waals surface area contributed by atoms with Gasteiger partial charge in [-0.15, -0.1) is 0 Å². The van der Waals surface area contributed by atoms with Gasteiger partial charge >= 0.3 is 0 Å². The number of benzene rings is 1. The van der Waals surface area contributed by atoms with Gasteiger partial charge in [-0.05, 0) is 25.5 Å². The van der Waals surface area contributed by atoms with Gasteiger partial charge in [0.1, 0.15) is 0 Å². The lowest BCUT2D eigenvalue weighted by Crippen LogP contribution is -2.41. The Morgan fingerprint density at radius 2 is 2.06 bits per heavy atom. The Hall–Kier alpha value is -1.39. The fourth-order valence-electron chi connectivity index (χ4n) is 2.03. The lowest BCUT2D eigenvalue weighted by molar-refractivity contribution is -0.118. The molecule has 0 aliphatic carbocycles. The fraction of sp³-hybridized carbons (Fsp3) is 0.462. The molecule has 1 heterocycles. The largest absolute Gasteiger partial charge is 0.328 e. The maximum absolute atomic E-state index is 11.9. The minimum absolute atomic E-state index is 0.167. The van der Waals surface area contributed by atoms with Gasteiger partial charge in [-0.25, -0.2) is 10.0 Å². The van der Waals surface area contributed by atoms with Crippen molar-refractivity contribution in [2.45, 2.75) is 25.8 Å². The van der Waals surface area contributed by atoms with E-state index in [1.54, 1.807) is 5.01 Å². The van der Waals surface area contributed by atoms with Crippen LogP contribution in [0.4, 0.5) is 5.69 Å². The molecule has 0 radical (unpaired) electrons. The molecule has 1 amide bonds. The predicted octanol–water partition coefficient (Wildman–Crippen LogP) is 1.38. The van der Waals surface area contributed by atoms with E-state index in [0.29, 0.717) is 6.42 Å². The van der Waals surface area contributed by atoms with E-state index in [9.17, 15) is 4.79 Å². The molecule has 0 saturated carbocycles. The third-order valence-electron chi connectivity index (χ3n) is 2.95. The number of carbonyl (C=O) groups excluding carboxylic acids is 1. The first-order valence-electron chi connectivity index (χ1n) is 6.07. The summed E-state index contributed by atoms with van der Waals surface area (Å²) >= 11 is 0. The van der Waals surface area contributed by atoms with E-state index in [0.717, 1.165) is 25.2 Å². The van der Waals surface area contributed by atoms with Crippen LogP contribution in [0.2, 0.25) is 0 Å². The normalized spacial score (nSPS) is 18.7. The van der Waals surface area contributed by atoms with Crippen molar-refractivity contribution in [1.29, 1.82) is 0 Å². The fourth-order valence-corrected chi connectivity index (χ4v) is 2.03. The Kier molecular flexibility index (Phi) is 3.76. The van der Waals surface area contributed by atoms with Crippen molar-refractivity contribution in [2.75, 3.05) is 18.1 Å². The molecule has 2 rings (SSSR count). The van der Waals surface area contributed by atoms with Crippen molar-refractivity contribution in [3.8, 4) is 0 Å². The Bertz CT molecular complexity index is 378. The van der Waals surface area contributed by atoms with Crippen molar-refractivity contribution in [1.82, 2.24) is 5.01 Å². The van der Waals surface area contributed by atoms with Crippen molar-refractivity contribution in [3.63, 3.8) is 0 Å². The van der Waals surface area contributed by atoms with Gasteiger partial charge in [-0.1, -0.05) is 18.2 Å². The van der Waals surface area contributed by atoms with Crippen molar-refractivity contribution < 1.29 is 4.79 Å². The van der Waals surface area contributed by atoms with Gasteiger partial charge in [0.25, 0.3) is 0 Å². The number of rotatable bonds is 4. The lowest BCUT2D eigenvalue weighted by atomic mass is 10.2. The summed E-state index contributed by atoms with van der Waals surface area (Å²) in [4.78, 5) is 11.9. The molecule has 1 aromatic rings. The monoisotopic (exact) mass is 233 g/mol. The molecule has 1 unspecified atom stereocenters. The minimum atomic E-state index is 0.167. The molecule has 1 aliphatic rings. The molecule has 4 heteroatoms. The third kappa shape index (κ3) is 2.84. The maximum Gasteiger partial charge on any atom is 0.242 e. The van der Waals surface area contributed by atoms with Crippen molar-refractivity contribution >= 4 is 11.6 Å². The highest BCUT2D eigenvalue weighted by Crippen LogP contribution is 2.22. The summed E-state index contributed by atoms with van der Waals surface area (Å²) in [6.07, 6.45) is 1.49. The Morgan fingerprint density at radius 3 is 2.71 bits per heavy atom. The minimum Gasteiger partial charge on any atom is -0.328 e. The number of anilines is 1. The first-order chi connectivity index (χ1) is 8.18. The summed E-state index contributed by atoms with van der Waals surface area (Å²) < 4.78 is 0. The SMILES string of the molecule is CC(N)CCN1CCC(=O)N1c1ccccc1. The van der Waals surface area contributed by atoms with Crippen LogP contribution in [0.1, 0.15) is 19.8 Å². The van der Waals surface area contributed by atoms with Crippen LogP contribution in [-0.4, -0.2) is 30.0 Å². The number of nitrogens with two attached hydrogens (primary N) is 1. The first kappa shape index (κ1) is 12.1. The van der Waals surface area contributed by atoms with Crippen LogP contribution < -0.4 is 10.7 Å². The van der Waals surface area contributed by atoms with Crippen LogP contribution >= 0.6 is 0 Å². The van der Waals surface area contributed by atoms with Gasteiger partial charge < -0.3 is 5.73 Å². The molecule has 1 saturated heterocycles. The number of hydrogen-bond donors (Lipinski definition) is 1. The van der Waals surface area contributed by atoms with Gasteiger partial charge in [0, 0.05) is 25.6 Å². The molecule has 2 N–H and O–H groups in total. The van der Waals surface area contributed by atoms with Gasteiger partial charge in [0.2, 0.25) is 5.91 Å². The van der Waals surface area contributed by atoms with E-state index in [1.807, 2.05) is 37.3 Å². The molecule has 1 fully saturated rings. The van der Waals surface area contributed by atoms with E-state index < -0.39 is 0 Å². The Labute approximate surface area is 102 Å². The van der Waals surface area contributed by atoms with Crippen molar-refractivity contribution in [3.05, 3.63) is 30.3 Å². The van der Waals surface area contributed by atoms with E-state index in [1.165, 1.54) is 0 Å². The summed E-state index contributed by atoms with van der Waals surface area (Å²) in [6, 6.07) is 9.94. The third-order valence-corrected chi connectivity index (χ3v) is 2.95. The highest BCUT2D eigenvalue weighted by atomic mass is 16.2. The highest BCUT2D eigenvalue weighted by Gasteiger charge is 2.29. The van der Waals surface area contributed by atoms with Crippen LogP contribution in [-0.2, 0) is 4.79 Å². The molecular weight excluding hydrogens is 214 g/mol. The number of hydrazine groups is 1. The number of hydrogen-bond acceptors (Lipinski definition) is 3. The molecule has 17 heavy (non-hydrogen) atoms. The lowest BCUT2D eigenvalue weighted by Gasteiger charge is -2.28. The summed E-state index contributed by atoms with van der Waals surface area (Å²) in [5.41, 5.74) is 6.70. The molecule has 0 spiro atoms. The Balaban J connectivity index is 2.09. The summed E-state index contributed by atoms with van der Waals surface area (Å²) in [6.45, 7) is 3.61. The maximum atomic E-state index is 11.9. The average molecular weight is 233 g/mol. The van der Waals surface area contributed by atoms with Gasteiger partial charge in [-0.3, -0.25) is 4.79 Å². The number of amides is 1. The van der Waals surface area contributed by atoms with Crippen LogP contribution in [0.3, 0.4) is 0 Å². The van der Waals surface area contributed by atoms with Gasteiger partial charge in [-0.2, -0.15) is 0 Å². The van der Waals surface area contributed by atoms with Crippen LogP contribution in [0.5, 0.6) is 0 Å². The molecule has 1 atom stereocenters. The number of carbonyl (C=O) groups is 1. The standard InChI is InChI=1S/C13H19N3O/c1-11(14)7-9-15-10-8-13(17)16(15)12-5-3-2-4-6-12/h2-6,11H,7-10,14H2,1H3. The zero-order valence-corrected chi connectivity index (χ0v) is 10.2. The van der Waals surface area contributed by atoms with E-state index in [-0.39, 0.29) is 11.9 Å². The second-order valence-corrected chi connectivity index (χ2v) is 4.51. The molecule has 1 aromatic carbocycles. The van der Waals surface area contributed by atoms with E-state index >= 15 is 0 Å². The summed E-state index contributed by atoms with van der Waals surface area (Å²) in [5.74, 6) is 0.167. The van der Waals surface area contributed by atoms with Crippen molar-refractivity contribution in [2.24, 2.45) is 5.73 Å². The molecular formula is C13H19N3O. The second kappa shape index (κ2) is 5.29. The van der Waals surface area contributed by atoms with Crippen LogP contribution in [0.15, 0.2) is 30.3 Å². The zero-order valence-electron chi connectivity index (χ0n) is 10.2. The second-order valence-electron chi connectivity index (χ2n) is 4.51. The van der Waals surface area contributed by atoms with Crippen LogP contribution in [0.25, 0.3) is 0 Å². The molecule has 1 aliphatic heterocycles. The quantitative estimate of drug-likeness (QED) is 0.854. The predicted molar refractivity (Wildman–Crippen MR) is 68.4 cm³/mol. The topological polar surface area (TPSA) is 49.6 Å². The molecule has 4 nitrogen and oxygen atoms in total. The summed E-state index contributed by atoms with van der Waals surface area (Å²) in [5, 5.41) is 3.86. The zero-order chi connectivity index (χ0) is 12.3. The summed E-state index contributed by atoms with van der Waals surface area (Å²) in [7, 11) is 0. The Morgan fingerprint density at radius 1 is 1.35 bits per heavy atom. The number of para-hydroxylation sites is 1.